The van der Waals surface area contributed by atoms with E-state index in [0.29, 0.717) is 5.92 Å². The van der Waals surface area contributed by atoms with Gasteiger partial charge in [-0.1, -0.05) is 0 Å². The maximum Gasteiger partial charge on any atom is 0.242 e. The van der Waals surface area contributed by atoms with Crippen LogP contribution < -0.4 is 21.7 Å². The molecule has 2 rings (SSSR count). The van der Waals surface area contributed by atoms with Crippen molar-refractivity contribution in [1.29, 1.82) is 0 Å². The van der Waals surface area contributed by atoms with Gasteiger partial charge in [0.25, 0.3) is 0 Å². The third-order valence-electron chi connectivity index (χ3n) is 3.60. The predicted molar refractivity (Wildman–Crippen MR) is 63.1 cm³/mol. The summed E-state index contributed by atoms with van der Waals surface area (Å²) in [7, 11) is 0. The van der Waals surface area contributed by atoms with E-state index in [0.717, 1.165) is 19.5 Å². The number of carbonyl (C=O) groups is 2. The van der Waals surface area contributed by atoms with Gasteiger partial charge in [-0.05, 0) is 26.2 Å². The fourth-order valence-corrected chi connectivity index (χ4v) is 2.30. The second kappa shape index (κ2) is 4.27. The van der Waals surface area contributed by atoms with Crippen molar-refractivity contribution in [2.24, 2.45) is 11.7 Å². The van der Waals surface area contributed by atoms with Crippen molar-refractivity contribution >= 4 is 11.8 Å². The van der Waals surface area contributed by atoms with Crippen LogP contribution in [-0.4, -0.2) is 42.5 Å². The molecule has 0 aromatic rings. The standard InChI is InChI=1S/C11H20N4O2/c1-6(12)9(16)14-7(2)10(17)15-11-3-8(11)4-13-5-11/h6-8,13H,3-5,12H2,1-2H3,(H,14,16)(H,15,17). The number of fused-ring (bicyclic) bond motifs is 1. The minimum Gasteiger partial charge on any atom is -0.347 e. The second-order valence-corrected chi connectivity index (χ2v) is 5.20. The Kier molecular flexibility index (Phi) is 3.09. The lowest BCUT2D eigenvalue weighted by atomic mass is 10.2. The highest BCUT2D eigenvalue weighted by molar-refractivity contribution is 5.89. The van der Waals surface area contributed by atoms with Gasteiger partial charge in [0.2, 0.25) is 11.8 Å². The van der Waals surface area contributed by atoms with Crippen LogP contribution in [0.15, 0.2) is 0 Å². The molecule has 96 valence electrons. The maximum absolute atomic E-state index is 11.9. The summed E-state index contributed by atoms with van der Waals surface area (Å²) in [4.78, 5) is 23.3. The van der Waals surface area contributed by atoms with E-state index in [9.17, 15) is 9.59 Å². The molecule has 0 spiro atoms. The summed E-state index contributed by atoms with van der Waals surface area (Å²) in [5, 5.41) is 8.85. The van der Waals surface area contributed by atoms with E-state index in [1.165, 1.54) is 0 Å². The van der Waals surface area contributed by atoms with Gasteiger partial charge in [0.15, 0.2) is 0 Å². The van der Waals surface area contributed by atoms with Crippen LogP contribution in [0.3, 0.4) is 0 Å². The molecule has 0 bridgehead atoms. The number of hydrogen-bond acceptors (Lipinski definition) is 4. The summed E-state index contributed by atoms with van der Waals surface area (Å²) in [6.45, 7) is 5.07. The molecule has 1 saturated carbocycles. The quantitative estimate of drug-likeness (QED) is 0.472. The van der Waals surface area contributed by atoms with E-state index in [4.69, 9.17) is 5.73 Å². The van der Waals surface area contributed by atoms with E-state index < -0.39 is 12.1 Å². The van der Waals surface area contributed by atoms with Crippen LogP contribution in [0, 0.1) is 5.92 Å². The van der Waals surface area contributed by atoms with Crippen molar-refractivity contribution in [3.8, 4) is 0 Å². The molecule has 1 saturated heterocycles. The molecule has 17 heavy (non-hydrogen) atoms. The summed E-state index contributed by atoms with van der Waals surface area (Å²) in [5.41, 5.74) is 5.38. The molecule has 0 aromatic carbocycles. The van der Waals surface area contributed by atoms with Gasteiger partial charge in [-0.15, -0.1) is 0 Å². The van der Waals surface area contributed by atoms with E-state index in [1.807, 2.05) is 0 Å². The molecule has 0 radical (unpaired) electrons. The van der Waals surface area contributed by atoms with Crippen molar-refractivity contribution in [2.75, 3.05) is 13.1 Å². The van der Waals surface area contributed by atoms with Crippen LogP contribution in [0.25, 0.3) is 0 Å². The fraction of sp³-hybridized carbons (Fsp3) is 0.818. The monoisotopic (exact) mass is 240 g/mol. The number of rotatable bonds is 4. The Balaban J connectivity index is 1.82. The Morgan fingerprint density at radius 1 is 1.41 bits per heavy atom. The molecule has 5 N–H and O–H groups in total. The number of carbonyl (C=O) groups excluding carboxylic acids is 2. The highest BCUT2D eigenvalue weighted by atomic mass is 16.2. The Hall–Kier alpha value is -1.14. The topological polar surface area (TPSA) is 96.2 Å². The minimum absolute atomic E-state index is 0.0512. The second-order valence-electron chi connectivity index (χ2n) is 5.20. The van der Waals surface area contributed by atoms with Crippen molar-refractivity contribution in [2.45, 2.75) is 37.9 Å². The number of piperidine rings is 1. The molecule has 1 aliphatic carbocycles. The molecule has 2 fully saturated rings. The highest BCUT2D eigenvalue weighted by Crippen LogP contribution is 2.45. The first-order chi connectivity index (χ1) is 7.94. The Labute approximate surface area is 101 Å². The van der Waals surface area contributed by atoms with Crippen LogP contribution in [0.1, 0.15) is 20.3 Å². The van der Waals surface area contributed by atoms with Gasteiger partial charge in [0.1, 0.15) is 6.04 Å². The molecule has 4 atom stereocenters. The molecule has 2 aliphatic rings. The zero-order valence-electron chi connectivity index (χ0n) is 10.2. The lowest BCUT2D eigenvalue weighted by Crippen LogP contribution is -2.53. The molecule has 4 unspecified atom stereocenters. The average molecular weight is 240 g/mol. The zero-order chi connectivity index (χ0) is 12.6. The Morgan fingerprint density at radius 3 is 2.59 bits per heavy atom. The van der Waals surface area contributed by atoms with E-state index in [2.05, 4.69) is 16.0 Å². The van der Waals surface area contributed by atoms with Crippen molar-refractivity contribution in [1.82, 2.24) is 16.0 Å². The summed E-state index contributed by atoms with van der Waals surface area (Å²) in [6.07, 6.45) is 1.04. The van der Waals surface area contributed by atoms with E-state index in [-0.39, 0.29) is 17.4 Å². The molecule has 0 aromatic heterocycles. The van der Waals surface area contributed by atoms with Gasteiger partial charge < -0.3 is 21.7 Å². The van der Waals surface area contributed by atoms with Crippen LogP contribution in [0.4, 0.5) is 0 Å². The fourth-order valence-electron chi connectivity index (χ4n) is 2.30. The average Bonchev–Trinajstić information content (AvgIpc) is 2.79. The molecule has 6 nitrogen and oxygen atoms in total. The third kappa shape index (κ3) is 2.42. The number of amides is 2. The first kappa shape index (κ1) is 12.3. The molecular weight excluding hydrogens is 220 g/mol. The van der Waals surface area contributed by atoms with Crippen molar-refractivity contribution in [3.63, 3.8) is 0 Å². The first-order valence-corrected chi connectivity index (χ1v) is 6.03. The van der Waals surface area contributed by atoms with Gasteiger partial charge >= 0.3 is 0 Å². The van der Waals surface area contributed by atoms with Crippen LogP contribution in [-0.2, 0) is 9.59 Å². The van der Waals surface area contributed by atoms with E-state index >= 15 is 0 Å². The van der Waals surface area contributed by atoms with Gasteiger partial charge in [-0.2, -0.15) is 0 Å². The zero-order valence-corrected chi connectivity index (χ0v) is 10.2. The number of nitrogens with one attached hydrogen (secondary N) is 3. The maximum atomic E-state index is 11.9. The molecule has 1 heterocycles. The van der Waals surface area contributed by atoms with E-state index in [1.54, 1.807) is 13.8 Å². The van der Waals surface area contributed by atoms with Crippen molar-refractivity contribution in [3.05, 3.63) is 0 Å². The first-order valence-electron chi connectivity index (χ1n) is 6.03. The molecule has 2 amide bonds. The van der Waals surface area contributed by atoms with Gasteiger partial charge in [0, 0.05) is 13.1 Å². The van der Waals surface area contributed by atoms with Crippen LogP contribution in [0.5, 0.6) is 0 Å². The largest absolute Gasteiger partial charge is 0.347 e. The van der Waals surface area contributed by atoms with Gasteiger partial charge in [-0.3, -0.25) is 9.59 Å². The summed E-state index contributed by atoms with van der Waals surface area (Å²) in [5.74, 6) is 0.120. The SMILES string of the molecule is CC(N)C(=O)NC(C)C(=O)NC12CNCC1C2. The molecular formula is C11H20N4O2. The van der Waals surface area contributed by atoms with Gasteiger partial charge in [0.05, 0.1) is 11.6 Å². The predicted octanol–water partition coefficient (Wildman–Crippen LogP) is -1.68. The molecule has 1 aliphatic heterocycles. The lowest BCUT2D eigenvalue weighted by Gasteiger charge is -2.20. The Morgan fingerprint density at radius 2 is 2.12 bits per heavy atom. The summed E-state index contributed by atoms with van der Waals surface area (Å²) >= 11 is 0. The Bertz CT molecular complexity index is 344. The summed E-state index contributed by atoms with van der Waals surface area (Å²) < 4.78 is 0. The van der Waals surface area contributed by atoms with Crippen molar-refractivity contribution < 1.29 is 9.59 Å². The third-order valence-corrected chi connectivity index (χ3v) is 3.60. The summed E-state index contributed by atoms with van der Waals surface area (Å²) in [6, 6.07) is -1.13. The number of hydrogen-bond donors (Lipinski definition) is 4. The van der Waals surface area contributed by atoms with Crippen LogP contribution >= 0.6 is 0 Å². The van der Waals surface area contributed by atoms with Crippen LogP contribution in [0.2, 0.25) is 0 Å². The number of nitrogens with two attached hydrogens (primary N) is 1. The highest BCUT2D eigenvalue weighted by Gasteiger charge is 2.58. The van der Waals surface area contributed by atoms with Gasteiger partial charge in [-0.25, -0.2) is 0 Å². The normalized spacial score (nSPS) is 33.5. The molecule has 6 heteroatoms. The lowest BCUT2D eigenvalue weighted by molar-refractivity contribution is -0.129. The minimum atomic E-state index is -0.592. The smallest absolute Gasteiger partial charge is 0.242 e.